The molecule has 0 unspecified atom stereocenters. The fraction of sp³-hybridized carbons (Fsp3) is 0.0784. The Morgan fingerprint density at radius 3 is 1.40 bits per heavy atom. The van der Waals surface area contributed by atoms with E-state index in [0.717, 1.165) is 59.2 Å². The van der Waals surface area contributed by atoms with Crippen LogP contribution >= 0.6 is 0 Å². The SMILES string of the molecule is Fc1ccc(-c2cc(-c3ccc(-c4ccccc4)cc3)c(-c3ccccc3-c3cc(CCc4ccccc4)cc(CCc4ccccc4)c3)cn2)cc1. The van der Waals surface area contributed by atoms with Crippen LogP contribution in [0.3, 0.4) is 0 Å². The number of pyridine rings is 1. The molecule has 8 aromatic rings. The lowest BCUT2D eigenvalue weighted by atomic mass is 9.87. The van der Waals surface area contributed by atoms with Gasteiger partial charge in [0.05, 0.1) is 5.69 Å². The Hall–Kier alpha value is -6.38. The summed E-state index contributed by atoms with van der Waals surface area (Å²) in [6.07, 6.45) is 5.90. The molecule has 0 saturated heterocycles. The molecule has 0 radical (unpaired) electrons. The first kappa shape index (κ1) is 33.7. The van der Waals surface area contributed by atoms with Crippen molar-refractivity contribution in [2.45, 2.75) is 25.7 Å². The van der Waals surface area contributed by atoms with E-state index in [1.54, 1.807) is 12.1 Å². The van der Waals surface area contributed by atoms with Crippen molar-refractivity contribution < 1.29 is 4.39 Å². The Kier molecular flexibility index (Phi) is 10.1. The number of nitrogens with zero attached hydrogens (tertiary/aromatic N) is 1. The van der Waals surface area contributed by atoms with Crippen molar-refractivity contribution in [2.24, 2.45) is 0 Å². The second kappa shape index (κ2) is 15.9. The largest absolute Gasteiger partial charge is 0.256 e. The fourth-order valence-electron chi connectivity index (χ4n) is 7.20. The fourth-order valence-corrected chi connectivity index (χ4v) is 7.20. The van der Waals surface area contributed by atoms with E-state index in [2.05, 4.69) is 158 Å². The van der Waals surface area contributed by atoms with Crippen LogP contribution in [0.2, 0.25) is 0 Å². The maximum absolute atomic E-state index is 13.9. The minimum Gasteiger partial charge on any atom is -0.256 e. The van der Waals surface area contributed by atoms with E-state index < -0.39 is 0 Å². The van der Waals surface area contributed by atoms with Crippen LogP contribution in [0.15, 0.2) is 194 Å². The van der Waals surface area contributed by atoms with Gasteiger partial charge in [-0.15, -0.1) is 0 Å². The molecule has 0 spiro atoms. The van der Waals surface area contributed by atoms with Crippen LogP contribution in [0.1, 0.15) is 22.3 Å². The van der Waals surface area contributed by atoms with Gasteiger partial charge < -0.3 is 0 Å². The molecular formula is C51H40FN. The van der Waals surface area contributed by atoms with E-state index in [4.69, 9.17) is 4.98 Å². The predicted octanol–water partition coefficient (Wildman–Crippen LogP) is 13.1. The van der Waals surface area contributed by atoms with Crippen LogP contribution in [-0.4, -0.2) is 4.98 Å². The third-order valence-electron chi connectivity index (χ3n) is 10.0. The molecule has 0 N–H and O–H groups in total. The van der Waals surface area contributed by atoms with Gasteiger partial charge in [0, 0.05) is 17.3 Å². The molecule has 1 heterocycles. The van der Waals surface area contributed by atoms with Crippen molar-refractivity contribution in [1.29, 1.82) is 0 Å². The number of hydrogen-bond donors (Lipinski definition) is 0. The van der Waals surface area contributed by atoms with E-state index in [9.17, 15) is 4.39 Å². The lowest BCUT2D eigenvalue weighted by molar-refractivity contribution is 0.628. The van der Waals surface area contributed by atoms with Gasteiger partial charge >= 0.3 is 0 Å². The Labute approximate surface area is 312 Å². The predicted molar refractivity (Wildman–Crippen MR) is 219 cm³/mol. The van der Waals surface area contributed by atoms with Crippen molar-refractivity contribution >= 4 is 0 Å². The lowest BCUT2D eigenvalue weighted by Gasteiger charge is -2.18. The second-order valence-corrected chi connectivity index (χ2v) is 13.6. The van der Waals surface area contributed by atoms with Gasteiger partial charge in [0.25, 0.3) is 0 Å². The maximum atomic E-state index is 13.9. The molecule has 8 rings (SSSR count). The zero-order valence-corrected chi connectivity index (χ0v) is 29.6. The molecule has 0 bridgehead atoms. The monoisotopic (exact) mass is 685 g/mol. The minimum atomic E-state index is -0.259. The van der Waals surface area contributed by atoms with Crippen LogP contribution in [0, 0.1) is 5.82 Å². The van der Waals surface area contributed by atoms with Crippen molar-refractivity contribution in [3.05, 3.63) is 222 Å². The first-order valence-corrected chi connectivity index (χ1v) is 18.4. The van der Waals surface area contributed by atoms with E-state index >= 15 is 0 Å². The Morgan fingerprint density at radius 1 is 0.321 bits per heavy atom. The van der Waals surface area contributed by atoms with Gasteiger partial charge in [0.15, 0.2) is 0 Å². The van der Waals surface area contributed by atoms with Crippen LogP contribution in [0.5, 0.6) is 0 Å². The van der Waals surface area contributed by atoms with E-state index in [1.807, 2.05) is 12.3 Å². The number of hydrogen-bond acceptors (Lipinski definition) is 1. The summed E-state index contributed by atoms with van der Waals surface area (Å²) in [7, 11) is 0. The standard InChI is InChI=1S/C51H40FN/c52-46-30-28-44(29-31-46)51-35-49(43-26-24-42(25-27-43)41-16-8-3-9-17-41)50(36-53-51)48-19-11-10-18-47(48)45-33-39(22-20-37-12-4-1-5-13-37)32-40(34-45)23-21-38-14-6-2-7-15-38/h1-19,24-36H,20-23H2. The van der Waals surface area contributed by atoms with Gasteiger partial charge in [0.2, 0.25) is 0 Å². The summed E-state index contributed by atoms with van der Waals surface area (Å²) >= 11 is 0. The summed E-state index contributed by atoms with van der Waals surface area (Å²) in [5.41, 5.74) is 16.1. The molecule has 1 nitrogen and oxygen atoms in total. The van der Waals surface area contributed by atoms with Crippen molar-refractivity contribution in [3.8, 4) is 55.8 Å². The normalized spacial score (nSPS) is 11.0. The minimum absolute atomic E-state index is 0.259. The molecule has 53 heavy (non-hydrogen) atoms. The lowest BCUT2D eigenvalue weighted by Crippen LogP contribution is -1.98. The molecular weight excluding hydrogens is 646 g/mol. The maximum Gasteiger partial charge on any atom is 0.123 e. The van der Waals surface area contributed by atoms with E-state index in [-0.39, 0.29) is 5.82 Å². The van der Waals surface area contributed by atoms with E-state index in [1.165, 1.54) is 56.6 Å². The molecule has 0 fully saturated rings. The van der Waals surface area contributed by atoms with Crippen LogP contribution < -0.4 is 0 Å². The van der Waals surface area contributed by atoms with E-state index in [0.29, 0.717) is 0 Å². The summed E-state index contributed by atoms with van der Waals surface area (Å²) in [5.74, 6) is -0.259. The molecule has 0 aliphatic rings. The highest BCUT2D eigenvalue weighted by Gasteiger charge is 2.16. The van der Waals surface area contributed by atoms with Crippen LogP contribution in [-0.2, 0) is 25.7 Å². The number of halogens is 1. The van der Waals surface area contributed by atoms with Crippen LogP contribution in [0.4, 0.5) is 4.39 Å². The Bertz CT molecular complexity index is 2360. The zero-order valence-electron chi connectivity index (χ0n) is 29.6. The van der Waals surface area contributed by atoms with Crippen LogP contribution in [0.25, 0.3) is 55.8 Å². The third kappa shape index (κ3) is 8.08. The number of aryl methyl sites for hydroxylation is 4. The van der Waals surface area contributed by atoms with Crippen molar-refractivity contribution in [1.82, 2.24) is 4.98 Å². The molecule has 256 valence electrons. The molecule has 0 saturated carbocycles. The molecule has 0 amide bonds. The number of benzene rings is 7. The molecule has 1 aromatic heterocycles. The topological polar surface area (TPSA) is 12.9 Å². The summed E-state index contributed by atoms with van der Waals surface area (Å²) in [4.78, 5) is 4.98. The molecule has 0 atom stereocenters. The molecule has 2 heteroatoms. The van der Waals surface area contributed by atoms with Gasteiger partial charge in [-0.05, 0) is 117 Å². The van der Waals surface area contributed by atoms with Crippen molar-refractivity contribution in [3.63, 3.8) is 0 Å². The number of rotatable bonds is 11. The summed E-state index contributed by atoms with van der Waals surface area (Å²) < 4.78 is 13.9. The smallest absolute Gasteiger partial charge is 0.123 e. The summed E-state index contributed by atoms with van der Waals surface area (Å²) in [6.45, 7) is 0. The quantitative estimate of drug-likeness (QED) is 0.132. The molecule has 7 aromatic carbocycles. The highest BCUT2D eigenvalue weighted by Crippen LogP contribution is 2.40. The van der Waals surface area contributed by atoms with Crippen molar-refractivity contribution in [2.75, 3.05) is 0 Å². The summed E-state index contributed by atoms with van der Waals surface area (Å²) in [6, 6.07) is 65.3. The van der Waals surface area contributed by atoms with Gasteiger partial charge in [-0.1, -0.05) is 158 Å². The Balaban J connectivity index is 1.22. The highest BCUT2D eigenvalue weighted by atomic mass is 19.1. The first-order valence-electron chi connectivity index (χ1n) is 18.4. The first-order chi connectivity index (χ1) is 26.2. The van der Waals surface area contributed by atoms with Gasteiger partial charge in [0.1, 0.15) is 5.82 Å². The third-order valence-corrected chi connectivity index (χ3v) is 10.0. The average molecular weight is 686 g/mol. The Morgan fingerprint density at radius 2 is 0.792 bits per heavy atom. The second-order valence-electron chi connectivity index (χ2n) is 13.6. The molecule has 0 aliphatic carbocycles. The zero-order chi connectivity index (χ0) is 35.8. The van der Waals surface area contributed by atoms with Gasteiger partial charge in [-0.2, -0.15) is 0 Å². The summed E-state index contributed by atoms with van der Waals surface area (Å²) in [5, 5.41) is 0. The average Bonchev–Trinajstić information content (AvgIpc) is 3.23. The van der Waals surface area contributed by atoms with Gasteiger partial charge in [-0.25, -0.2) is 4.39 Å². The number of aromatic nitrogens is 1. The molecule has 0 aliphatic heterocycles. The van der Waals surface area contributed by atoms with Gasteiger partial charge in [-0.3, -0.25) is 4.98 Å². The highest BCUT2D eigenvalue weighted by molar-refractivity contribution is 5.93.